The summed E-state index contributed by atoms with van der Waals surface area (Å²) in [5.74, 6) is -1.36. The SMILES string of the molecule is CCNCC(=O)Nc1cccc2c1C(=O)c1cccc(NC(=O)CNCC)c1C2=O. The molecule has 0 atom stereocenters. The quantitative estimate of drug-likeness (QED) is 0.450. The van der Waals surface area contributed by atoms with Gasteiger partial charge in [0.05, 0.1) is 35.6 Å². The highest BCUT2D eigenvalue weighted by atomic mass is 16.2. The molecule has 0 heterocycles. The first-order valence-corrected chi connectivity index (χ1v) is 9.84. The predicted molar refractivity (Wildman–Crippen MR) is 114 cm³/mol. The van der Waals surface area contributed by atoms with Gasteiger partial charge in [0.1, 0.15) is 0 Å². The minimum Gasteiger partial charge on any atom is -0.324 e. The summed E-state index contributed by atoms with van der Waals surface area (Å²) >= 11 is 0. The van der Waals surface area contributed by atoms with Crippen molar-refractivity contribution in [2.75, 3.05) is 36.8 Å². The molecular weight excluding hydrogens is 384 g/mol. The Balaban J connectivity index is 1.97. The van der Waals surface area contributed by atoms with Crippen LogP contribution in [0.1, 0.15) is 45.7 Å². The first kappa shape index (κ1) is 21.4. The largest absolute Gasteiger partial charge is 0.324 e. The Bertz CT molecular complexity index is 935. The summed E-state index contributed by atoms with van der Waals surface area (Å²) in [6, 6.07) is 9.53. The van der Waals surface area contributed by atoms with Crippen molar-refractivity contribution in [1.29, 1.82) is 0 Å². The van der Waals surface area contributed by atoms with Crippen molar-refractivity contribution < 1.29 is 19.2 Å². The van der Waals surface area contributed by atoms with Crippen molar-refractivity contribution >= 4 is 34.8 Å². The number of ketones is 2. The minimum atomic E-state index is -0.373. The van der Waals surface area contributed by atoms with Crippen molar-refractivity contribution in [1.82, 2.24) is 10.6 Å². The van der Waals surface area contributed by atoms with Gasteiger partial charge in [0, 0.05) is 11.1 Å². The molecule has 2 aromatic rings. The van der Waals surface area contributed by atoms with Gasteiger partial charge >= 0.3 is 0 Å². The second kappa shape index (κ2) is 9.43. The number of nitrogens with one attached hydrogen (secondary N) is 4. The maximum Gasteiger partial charge on any atom is 0.238 e. The first-order chi connectivity index (χ1) is 14.5. The predicted octanol–water partition coefficient (Wildman–Crippen LogP) is 1.56. The summed E-state index contributed by atoms with van der Waals surface area (Å²) in [5, 5.41) is 11.2. The Labute approximate surface area is 174 Å². The Kier molecular flexibility index (Phi) is 6.71. The summed E-state index contributed by atoms with van der Waals surface area (Å²) in [5.41, 5.74) is 1.30. The maximum atomic E-state index is 13.2. The summed E-state index contributed by atoms with van der Waals surface area (Å²) in [6.07, 6.45) is 0. The molecule has 8 heteroatoms. The van der Waals surface area contributed by atoms with Crippen LogP contribution in [-0.4, -0.2) is 49.6 Å². The van der Waals surface area contributed by atoms with E-state index in [1.165, 1.54) is 0 Å². The molecule has 3 rings (SSSR count). The van der Waals surface area contributed by atoms with Crippen molar-refractivity contribution in [3.05, 3.63) is 58.7 Å². The van der Waals surface area contributed by atoms with E-state index >= 15 is 0 Å². The van der Waals surface area contributed by atoms with E-state index in [1.54, 1.807) is 36.4 Å². The fourth-order valence-corrected chi connectivity index (χ4v) is 3.32. The molecule has 30 heavy (non-hydrogen) atoms. The molecule has 1 aliphatic rings. The number of fused-ring (bicyclic) bond motifs is 2. The second-order valence-electron chi connectivity index (χ2n) is 6.77. The van der Waals surface area contributed by atoms with E-state index in [2.05, 4.69) is 21.3 Å². The Hall–Kier alpha value is -3.36. The molecule has 0 fully saturated rings. The summed E-state index contributed by atoms with van der Waals surface area (Å²) < 4.78 is 0. The van der Waals surface area contributed by atoms with Gasteiger partial charge in [-0.25, -0.2) is 0 Å². The van der Waals surface area contributed by atoms with E-state index in [1.807, 2.05) is 13.8 Å². The lowest BCUT2D eigenvalue weighted by atomic mass is 9.82. The zero-order valence-corrected chi connectivity index (χ0v) is 16.9. The Morgan fingerprint density at radius 1 is 0.700 bits per heavy atom. The molecule has 156 valence electrons. The van der Waals surface area contributed by atoms with Crippen LogP contribution in [0.3, 0.4) is 0 Å². The maximum absolute atomic E-state index is 13.2. The fourth-order valence-electron chi connectivity index (χ4n) is 3.32. The molecule has 0 radical (unpaired) electrons. The number of benzene rings is 2. The molecule has 0 saturated heterocycles. The van der Waals surface area contributed by atoms with Gasteiger partial charge in [-0.15, -0.1) is 0 Å². The lowest BCUT2D eigenvalue weighted by Gasteiger charge is -2.22. The molecule has 2 amide bonds. The van der Waals surface area contributed by atoms with E-state index in [-0.39, 0.29) is 58.7 Å². The van der Waals surface area contributed by atoms with E-state index in [0.717, 1.165) is 0 Å². The number of anilines is 2. The molecule has 1 aliphatic carbocycles. The normalized spacial score (nSPS) is 12.2. The van der Waals surface area contributed by atoms with Crippen LogP contribution in [0, 0.1) is 0 Å². The zero-order chi connectivity index (χ0) is 21.7. The van der Waals surface area contributed by atoms with Gasteiger partial charge in [-0.3, -0.25) is 19.2 Å². The van der Waals surface area contributed by atoms with Gasteiger partial charge in [0.25, 0.3) is 0 Å². The second-order valence-corrected chi connectivity index (χ2v) is 6.77. The summed E-state index contributed by atoms with van der Waals surface area (Å²) in [6.45, 7) is 5.22. The molecule has 0 spiro atoms. The Morgan fingerprint density at radius 2 is 1.10 bits per heavy atom. The van der Waals surface area contributed by atoms with Crippen LogP contribution in [0.15, 0.2) is 36.4 Å². The Morgan fingerprint density at radius 3 is 1.47 bits per heavy atom. The summed E-state index contributed by atoms with van der Waals surface area (Å²) in [4.78, 5) is 50.7. The number of amides is 2. The average Bonchev–Trinajstić information content (AvgIpc) is 2.74. The molecule has 0 saturated carbocycles. The standard InChI is InChI=1S/C22H24N4O4/c1-3-23-11-17(27)25-15-9-5-7-13-19(15)21(29)14-8-6-10-16(20(14)22(13)30)26-18(28)12-24-4-2/h5-10,23-24H,3-4,11-12H2,1-2H3,(H,25,27)(H,26,28). The van der Waals surface area contributed by atoms with Crippen molar-refractivity contribution in [2.45, 2.75) is 13.8 Å². The van der Waals surface area contributed by atoms with E-state index in [9.17, 15) is 19.2 Å². The first-order valence-electron chi connectivity index (χ1n) is 9.84. The third-order valence-corrected chi connectivity index (χ3v) is 4.69. The van der Waals surface area contributed by atoms with Crippen LogP contribution in [0.4, 0.5) is 11.4 Å². The monoisotopic (exact) mass is 408 g/mol. The van der Waals surface area contributed by atoms with Gasteiger partial charge < -0.3 is 21.3 Å². The molecule has 0 aromatic heterocycles. The van der Waals surface area contributed by atoms with Crippen LogP contribution in [-0.2, 0) is 9.59 Å². The number of carbonyl (C=O) groups is 4. The van der Waals surface area contributed by atoms with Gasteiger partial charge in [-0.1, -0.05) is 38.1 Å². The van der Waals surface area contributed by atoms with Crippen molar-refractivity contribution in [3.8, 4) is 0 Å². The topological polar surface area (TPSA) is 116 Å². The third-order valence-electron chi connectivity index (χ3n) is 4.69. The van der Waals surface area contributed by atoms with E-state index < -0.39 is 0 Å². The molecular formula is C22H24N4O4. The number of carbonyl (C=O) groups excluding carboxylic acids is 4. The van der Waals surface area contributed by atoms with Crippen molar-refractivity contribution in [2.24, 2.45) is 0 Å². The molecule has 4 N–H and O–H groups in total. The molecule has 8 nitrogen and oxygen atoms in total. The number of rotatable bonds is 8. The zero-order valence-electron chi connectivity index (χ0n) is 16.9. The van der Waals surface area contributed by atoms with Crippen LogP contribution >= 0.6 is 0 Å². The molecule has 0 unspecified atom stereocenters. The molecule has 2 aromatic carbocycles. The highest BCUT2D eigenvalue weighted by Gasteiger charge is 2.34. The fraction of sp³-hybridized carbons (Fsp3) is 0.273. The van der Waals surface area contributed by atoms with Gasteiger partial charge in [-0.2, -0.15) is 0 Å². The van der Waals surface area contributed by atoms with Gasteiger partial charge in [0.15, 0.2) is 11.6 Å². The van der Waals surface area contributed by atoms with Crippen molar-refractivity contribution in [3.63, 3.8) is 0 Å². The van der Waals surface area contributed by atoms with Crippen LogP contribution in [0.2, 0.25) is 0 Å². The summed E-state index contributed by atoms with van der Waals surface area (Å²) in [7, 11) is 0. The lowest BCUT2D eigenvalue weighted by molar-refractivity contribution is -0.116. The third kappa shape index (κ3) is 4.29. The van der Waals surface area contributed by atoms with Gasteiger partial charge in [-0.05, 0) is 25.2 Å². The lowest BCUT2D eigenvalue weighted by Crippen LogP contribution is -2.31. The highest BCUT2D eigenvalue weighted by molar-refractivity contribution is 6.32. The number of hydrogen-bond donors (Lipinski definition) is 4. The number of hydrogen-bond acceptors (Lipinski definition) is 6. The molecule has 0 bridgehead atoms. The molecule has 0 aliphatic heterocycles. The average molecular weight is 408 g/mol. The number of likely N-dealkylation sites (N-methyl/N-ethyl adjacent to an activating group) is 2. The van der Waals surface area contributed by atoms with Gasteiger partial charge in [0.2, 0.25) is 11.8 Å². The minimum absolute atomic E-state index is 0.0981. The smallest absolute Gasteiger partial charge is 0.238 e. The van der Waals surface area contributed by atoms with E-state index in [0.29, 0.717) is 24.5 Å². The van der Waals surface area contributed by atoms with E-state index in [4.69, 9.17) is 0 Å². The van der Waals surface area contributed by atoms with Crippen LogP contribution in [0.25, 0.3) is 0 Å². The van der Waals surface area contributed by atoms with Crippen LogP contribution < -0.4 is 21.3 Å². The van der Waals surface area contributed by atoms with Crippen LogP contribution in [0.5, 0.6) is 0 Å². The highest BCUT2D eigenvalue weighted by Crippen LogP contribution is 2.35.